The van der Waals surface area contributed by atoms with Gasteiger partial charge in [0.25, 0.3) is 0 Å². The Morgan fingerprint density at radius 2 is 2.05 bits per heavy atom. The molecule has 0 saturated heterocycles. The van der Waals surface area contributed by atoms with E-state index in [4.69, 9.17) is 6.42 Å². The Morgan fingerprint density at radius 1 is 1.30 bits per heavy atom. The zero-order chi connectivity index (χ0) is 15.0. The molecule has 2 heteroatoms. The van der Waals surface area contributed by atoms with Crippen LogP contribution < -0.4 is 5.32 Å². The van der Waals surface area contributed by atoms with E-state index < -0.39 is 0 Å². The van der Waals surface area contributed by atoms with E-state index in [9.17, 15) is 4.79 Å². The lowest BCUT2D eigenvalue weighted by molar-refractivity contribution is -0.117. The summed E-state index contributed by atoms with van der Waals surface area (Å²) in [6.45, 7) is 6.60. The van der Waals surface area contributed by atoms with Crippen molar-refractivity contribution in [2.75, 3.05) is 5.32 Å². The molecule has 0 aromatic heterocycles. The SMILES string of the molecule is C#Cc1cccc(NC(=O)C[C@H](C)CCCC(C)C)c1. The van der Waals surface area contributed by atoms with Gasteiger partial charge in [-0.3, -0.25) is 4.79 Å². The van der Waals surface area contributed by atoms with Crippen LogP contribution in [0.15, 0.2) is 24.3 Å². The smallest absolute Gasteiger partial charge is 0.224 e. The van der Waals surface area contributed by atoms with Crippen LogP contribution in [0.3, 0.4) is 0 Å². The topological polar surface area (TPSA) is 29.1 Å². The summed E-state index contributed by atoms with van der Waals surface area (Å²) >= 11 is 0. The molecule has 0 bridgehead atoms. The minimum atomic E-state index is 0.0659. The molecule has 0 fully saturated rings. The van der Waals surface area contributed by atoms with Crippen LogP contribution in [0, 0.1) is 24.2 Å². The van der Waals surface area contributed by atoms with Gasteiger partial charge in [0.1, 0.15) is 0 Å². The van der Waals surface area contributed by atoms with Gasteiger partial charge in [-0.25, -0.2) is 0 Å². The Balaban J connectivity index is 2.37. The fourth-order valence-electron chi connectivity index (χ4n) is 2.19. The molecule has 0 spiro atoms. The number of hydrogen-bond donors (Lipinski definition) is 1. The molecule has 1 N–H and O–H groups in total. The number of rotatable bonds is 7. The number of benzene rings is 1. The third-order valence-corrected chi connectivity index (χ3v) is 3.33. The lowest BCUT2D eigenvalue weighted by atomic mass is 9.97. The van der Waals surface area contributed by atoms with Crippen LogP contribution in [0.1, 0.15) is 52.0 Å². The van der Waals surface area contributed by atoms with E-state index in [1.54, 1.807) is 0 Å². The number of anilines is 1. The molecular formula is C18H25NO. The highest BCUT2D eigenvalue weighted by atomic mass is 16.1. The first kappa shape index (κ1) is 16.3. The largest absolute Gasteiger partial charge is 0.326 e. The molecule has 0 aliphatic heterocycles. The van der Waals surface area contributed by atoms with Gasteiger partial charge in [-0.15, -0.1) is 6.42 Å². The molecule has 0 radical (unpaired) electrons. The standard InChI is InChI=1S/C18H25NO/c1-5-16-10-7-11-17(13-16)19-18(20)12-15(4)9-6-8-14(2)3/h1,7,10-11,13-15H,6,8-9,12H2,2-4H3,(H,19,20)/t15-/m1/s1. The maximum absolute atomic E-state index is 12.0. The Morgan fingerprint density at radius 3 is 2.70 bits per heavy atom. The molecule has 1 atom stereocenters. The van der Waals surface area contributed by atoms with Gasteiger partial charge in [-0.2, -0.15) is 0 Å². The van der Waals surface area contributed by atoms with Crippen molar-refractivity contribution >= 4 is 11.6 Å². The second kappa shape index (κ2) is 8.43. The summed E-state index contributed by atoms with van der Waals surface area (Å²) in [6.07, 6.45) is 9.45. The number of terminal acetylenes is 1. The van der Waals surface area contributed by atoms with Crippen LogP contribution in [-0.2, 0) is 4.79 Å². The van der Waals surface area contributed by atoms with Gasteiger partial charge in [-0.1, -0.05) is 52.0 Å². The van der Waals surface area contributed by atoms with Crippen molar-refractivity contribution in [3.05, 3.63) is 29.8 Å². The van der Waals surface area contributed by atoms with Gasteiger partial charge < -0.3 is 5.32 Å². The van der Waals surface area contributed by atoms with Gasteiger partial charge in [0.15, 0.2) is 0 Å². The molecule has 0 aliphatic carbocycles. The fourth-order valence-corrected chi connectivity index (χ4v) is 2.19. The zero-order valence-electron chi connectivity index (χ0n) is 12.8. The van der Waals surface area contributed by atoms with Gasteiger partial charge in [0.05, 0.1) is 0 Å². The van der Waals surface area contributed by atoms with Crippen molar-refractivity contribution in [1.29, 1.82) is 0 Å². The first-order valence-electron chi connectivity index (χ1n) is 7.37. The van der Waals surface area contributed by atoms with E-state index in [1.165, 1.54) is 12.8 Å². The summed E-state index contributed by atoms with van der Waals surface area (Å²) in [7, 11) is 0. The second-order valence-electron chi connectivity index (χ2n) is 5.91. The predicted octanol–water partition coefficient (Wildman–Crippen LogP) is 4.46. The Hall–Kier alpha value is -1.75. The van der Waals surface area contributed by atoms with Crippen molar-refractivity contribution in [3.8, 4) is 12.3 Å². The van der Waals surface area contributed by atoms with Crippen LogP contribution in [0.2, 0.25) is 0 Å². The third-order valence-electron chi connectivity index (χ3n) is 3.33. The molecule has 2 nitrogen and oxygen atoms in total. The van der Waals surface area contributed by atoms with Crippen LogP contribution in [0.25, 0.3) is 0 Å². The highest BCUT2D eigenvalue weighted by Crippen LogP contribution is 2.16. The highest BCUT2D eigenvalue weighted by molar-refractivity contribution is 5.91. The average Bonchev–Trinajstić information content (AvgIpc) is 2.38. The molecule has 1 aromatic rings. The molecule has 1 aromatic carbocycles. The number of hydrogen-bond acceptors (Lipinski definition) is 1. The number of nitrogens with one attached hydrogen (secondary N) is 1. The molecule has 0 unspecified atom stereocenters. The number of amides is 1. The van der Waals surface area contributed by atoms with Gasteiger partial charge in [0.2, 0.25) is 5.91 Å². The summed E-state index contributed by atoms with van der Waals surface area (Å²) in [5.74, 6) is 3.79. The first-order valence-corrected chi connectivity index (χ1v) is 7.37. The Kier molecular flexibility index (Phi) is 6.87. The minimum Gasteiger partial charge on any atom is -0.326 e. The van der Waals surface area contributed by atoms with E-state index in [2.05, 4.69) is 32.0 Å². The van der Waals surface area contributed by atoms with Crippen molar-refractivity contribution in [3.63, 3.8) is 0 Å². The fraction of sp³-hybridized carbons (Fsp3) is 0.500. The Labute approximate surface area is 123 Å². The van der Waals surface area contributed by atoms with Gasteiger partial charge in [0, 0.05) is 17.7 Å². The molecule has 0 saturated carbocycles. The molecule has 1 amide bonds. The van der Waals surface area contributed by atoms with Crippen LogP contribution in [-0.4, -0.2) is 5.91 Å². The molecule has 20 heavy (non-hydrogen) atoms. The van der Waals surface area contributed by atoms with Gasteiger partial charge in [-0.05, 0) is 30.0 Å². The van der Waals surface area contributed by atoms with Crippen molar-refractivity contribution in [2.45, 2.75) is 46.5 Å². The molecule has 0 aliphatic rings. The molecule has 0 heterocycles. The highest BCUT2D eigenvalue weighted by Gasteiger charge is 2.09. The van der Waals surface area contributed by atoms with Gasteiger partial charge >= 0.3 is 0 Å². The summed E-state index contributed by atoms with van der Waals surface area (Å²) in [6, 6.07) is 7.39. The minimum absolute atomic E-state index is 0.0659. The third kappa shape index (κ3) is 6.43. The number of carbonyl (C=O) groups is 1. The first-order chi connectivity index (χ1) is 9.51. The quantitative estimate of drug-likeness (QED) is 0.729. The maximum Gasteiger partial charge on any atom is 0.224 e. The lowest BCUT2D eigenvalue weighted by Crippen LogP contribution is -2.15. The monoisotopic (exact) mass is 271 g/mol. The molecule has 1 rings (SSSR count). The normalized spacial score (nSPS) is 11.9. The Bertz CT molecular complexity index is 471. The second-order valence-corrected chi connectivity index (χ2v) is 5.91. The van der Waals surface area contributed by atoms with E-state index >= 15 is 0 Å². The van der Waals surface area contributed by atoms with Crippen LogP contribution in [0.5, 0.6) is 0 Å². The van der Waals surface area contributed by atoms with Crippen molar-refractivity contribution < 1.29 is 4.79 Å². The van der Waals surface area contributed by atoms with E-state index in [0.717, 1.165) is 23.6 Å². The summed E-state index contributed by atoms with van der Waals surface area (Å²) in [4.78, 5) is 12.0. The summed E-state index contributed by atoms with van der Waals surface area (Å²) in [5, 5.41) is 2.91. The van der Waals surface area contributed by atoms with Crippen molar-refractivity contribution in [2.24, 2.45) is 11.8 Å². The lowest BCUT2D eigenvalue weighted by Gasteiger charge is -2.12. The zero-order valence-corrected chi connectivity index (χ0v) is 12.8. The average molecular weight is 271 g/mol. The number of carbonyl (C=O) groups excluding carboxylic acids is 1. The molecule has 108 valence electrons. The van der Waals surface area contributed by atoms with E-state index in [1.807, 2.05) is 24.3 Å². The molecular weight excluding hydrogens is 246 g/mol. The van der Waals surface area contributed by atoms with Crippen molar-refractivity contribution in [1.82, 2.24) is 0 Å². The van der Waals surface area contributed by atoms with Crippen LogP contribution in [0.4, 0.5) is 5.69 Å². The predicted molar refractivity (Wildman–Crippen MR) is 85.5 cm³/mol. The summed E-state index contributed by atoms with van der Waals surface area (Å²) in [5.41, 5.74) is 1.56. The van der Waals surface area contributed by atoms with E-state index in [-0.39, 0.29) is 5.91 Å². The maximum atomic E-state index is 12.0. The van der Waals surface area contributed by atoms with E-state index in [0.29, 0.717) is 12.3 Å². The summed E-state index contributed by atoms with van der Waals surface area (Å²) < 4.78 is 0. The van der Waals surface area contributed by atoms with Crippen LogP contribution >= 0.6 is 0 Å².